The molecule has 1 unspecified atom stereocenters. The molecule has 0 saturated carbocycles. The van der Waals surface area contributed by atoms with Crippen molar-refractivity contribution >= 4 is 11.6 Å². The van der Waals surface area contributed by atoms with Crippen molar-refractivity contribution in [3.63, 3.8) is 0 Å². The molecule has 1 N–H and O–H groups in total. The molecule has 1 aromatic heterocycles. The highest BCUT2D eigenvalue weighted by Gasteiger charge is 2.27. The van der Waals surface area contributed by atoms with Gasteiger partial charge in [-0.25, -0.2) is 4.98 Å². The van der Waals surface area contributed by atoms with Gasteiger partial charge in [0.1, 0.15) is 11.3 Å². The second-order valence-corrected chi connectivity index (χ2v) is 4.33. The van der Waals surface area contributed by atoms with Gasteiger partial charge in [0, 0.05) is 30.8 Å². The number of rotatable bonds is 4. The van der Waals surface area contributed by atoms with Gasteiger partial charge in [0.25, 0.3) is 0 Å². The first-order chi connectivity index (χ1) is 8.15. The van der Waals surface area contributed by atoms with Crippen LogP contribution in [0.2, 0.25) is 5.15 Å². The lowest BCUT2D eigenvalue weighted by Crippen LogP contribution is -2.40. The number of halogens is 1. The van der Waals surface area contributed by atoms with Gasteiger partial charge in [0.05, 0.1) is 0 Å². The predicted molar refractivity (Wildman–Crippen MR) is 63.3 cm³/mol. The van der Waals surface area contributed by atoms with E-state index in [9.17, 15) is 10.1 Å². The van der Waals surface area contributed by atoms with Gasteiger partial charge in [0.2, 0.25) is 6.54 Å². The highest BCUT2D eigenvalue weighted by molar-refractivity contribution is 6.29. The van der Waals surface area contributed by atoms with E-state index < -0.39 is 0 Å². The number of pyridine rings is 1. The normalized spacial score (nSPS) is 20.6. The molecule has 17 heavy (non-hydrogen) atoms. The molecule has 0 aromatic carbocycles. The zero-order valence-electron chi connectivity index (χ0n) is 9.17. The van der Waals surface area contributed by atoms with E-state index in [-0.39, 0.29) is 17.6 Å². The maximum atomic E-state index is 10.5. The van der Waals surface area contributed by atoms with E-state index in [1.54, 1.807) is 12.3 Å². The molecule has 6 nitrogen and oxygen atoms in total. The topological polar surface area (TPSA) is 71.3 Å². The molecule has 1 atom stereocenters. The Morgan fingerprint density at radius 2 is 2.47 bits per heavy atom. The summed E-state index contributed by atoms with van der Waals surface area (Å²) in [5.74, 6) is 0. The summed E-state index contributed by atoms with van der Waals surface area (Å²) in [4.78, 5) is 16.2. The Morgan fingerprint density at radius 3 is 3.12 bits per heavy atom. The average molecular weight is 257 g/mol. The van der Waals surface area contributed by atoms with Crippen LogP contribution in [-0.4, -0.2) is 40.6 Å². The Kier molecular flexibility index (Phi) is 3.88. The SMILES string of the molecule is O=[N+]([O-])CC1NCCN1Cc1ccc(Cl)nc1. The lowest BCUT2D eigenvalue weighted by Gasteiger charge is -2.20. The van der Waals surface area contributed by atoms with Crippen LogP contribution in [0.3, 0.4) is 0 Å². The van der Waals surface area contributed by atoms with Gasteiger partial charge < -0.3 is 0 Å². The van der Waals surface area contributed by atoms with Crippen molar-refractivity contribution in [1.29, 1.82) is 0 Å². The Labute approximate surface area is 104 Å². The number of nitro groups is 1. The van der Waals surface area contributed by atoms with Gasteiger partial charge >= 0.3 is 0 Å². The number of hydrogen-bond donors (Lipinski definition) is 1. The third-order valence-electron chi connectivity index (χ3n) is 2.72. The highest BCUT2D eigenvalue weighted by atomic mass is 35.5. The van der Waals surface area contributed by atoms with Crippen LogP contribution in [0.1, 0.15) is 5.56 Å². The molecule has 1 aromatic rings. The summed E-state index contributed by atoms with van der Waals surface area (Å²) in [6, 6.07) is 3.61. The molecule has 1 saturated heterocycles. The molecular weight excluding hydrogens is 244 g/mol. The van der Waals surface area contributed by atoms with E-state index in [0.717, 1.165) is 18.7 Å². The zero-order chi connectivity index (χ0) is 12.3. The van der Waals surface area contributed by atoms with E-state index in [1.165, 1.54) is 0 Å². The first kappa shape index (κ1) is 12.2. The average Bonchev–Trinajstić information content (AvgIpc) is 2.68. The molecular formula is C10H13ClN4O2. The number of nitrogens with one attached hydrogen (secondary N) is 1. The summed E-state index contributed by atoms with van der Waals surface area (Å²) in [6.07, 6.45) is 1.50. The Morgan fingerprint density at radius 1 is 1.65 bits per heavy atom. The smallest absolute Gasteiger partial charge is 0.232 e. The van der Waals surface area contributed by atoms with E-state index in [2.05, 4.69) is 10.3 Å². The van der Waals surface area contributed by atoms with E-state index in [1.807, 2.05) is 11.0 Å². The minimum Gasteiger partial charge on any atom is -0.295 e. The van der Waals surface area contributed by atoms with Gasteiger partial charge in [-0.05, 0) is 11.6 Å². The number of aromatic nitrogens is 1. The quantitative estimate of drug-likeness (QED) is 0.489. The molecule has 7 heteroatoms. The third-order valence-corrected chi connectivity index (χ3v) is 2.94. The van der Waals surface area contributed by atoms with Gasteiger partial charge in [-0.2, -0.15) is 0 Å². The molecule has 0 bridgehead atoms. The Bertz CT molecular complexity index is 398. The fourth-order valence-electron chi connectivity index (χ4n) is 1.90. The third kappa shape index (κ3) is 3.36. The van der Waals surface area contributed by atoms with Crippen LogP contribution < -0.4 is 5.32 Å². The molecule has 0 amide bonds. The fourth-order valence-corrected chi connectivity index (χ4v) is 2.02. The molecule has 2 rings (SSSR count). The first-order valence-electron chi connectivity index (χ1n) is 5.35. The van der Waals surface area contributed by atoms with Crippen LogP contribution >= 0.6 is 11.6 Å². The number of hydrogen-bond acceptors (Lipinski definition) is 5. The van der Waals surface area contributed by atoms with Crippen LogP contribution in [0.25, 0.3) is 0 Å². The summed E-state index contributed by atoms with van der Waals surface area (Å²) in [6.45, 7) is 2.15. The van der Waals surface area contributed by atoms with Crippen LogP contribution in [0.5, 0.6) is 0 Å². The maximum Gasteiger partial charge on any atom is 0.232 e. The van der Waals surface area contributed by atoms with Gasteiger partial charge in [-0.3, -0.25) is 20.3 Å². The predicted octanol–water partition coefficient (Wildman–Crippen LogP) is 0.743. The van der Waals surface area contributed by atoms with E-state index in [0.29, 0.717) is 11.7 Å². The zero-order valence-corrected chi connectivity index (χ0v) is 9.93. The first-order valence-corrected chi connectivity index (χ1v) is 5.72. The van der Waals surface area contributed by atoms with Crippen LogP contribution in [0.15, 0.2) is 18.3 Å². The van der Waals surface area contributed by atoms with Crippen molar-refractivity contribution in [2.24, 2.45) is 0 Å². The summed E-state index contributed by atoms with van der Waals surface area (Å²) in [7, 11) is 0. The summed E-state index contributed by atoms with van der Waals surface area (Å²) < 4.78 is 0. The van der Waals surface area contributed by atoms with Crippen molar-refractivity contribution in [3.8, 4) is 0 Å². The van der Waals surface area contributed by atoms with Crippen molar-refractivity contribution in [2.45, 2.75) is 12.7 Å². The molecule has 1 fully saturated rings. The summed E-state index contributed by atoms with van der Waals surface area (Å²) in [5.41, 5.74) is 1.01. The van der Waals surface area contributed by atoms with Crippen LogP contribution in [0, 0.1) is 10.1 Å². The van der Waals surface area contributed by atoms with E-state index in [4.69, 9.17) is 11.6 Å². The minimum atomic E-state index is -0.296. The maximum absolute atomic E-state index is 10.5. The second-order valence-electron chi connectivity index (χ2n) is 3.94. The van der Waals surface area contributed by atoms with Crippen molar-refractivity contribution in [3.05, 3.63) is 39.2 Å². The fraction of sp³-hybridized carbons (Fsp3) is 0.500. The Balaban J connectivity index is 1.97. The van der Waals surface area contributed by atoms with Crippen molar-refractivity contribution in [2.75, 3.05) is 19.6 Å². The summed E-state index contributed by atoms with van der Waals surface area (Å²) >= 11 is 5.70. The molecule has 0 radical (unpaired) electrons. The van der Waals surface area contributed by atoms with Gasteiger partial charge in [-0.15, -0.1) is 0 Å². The van der Waals surface area contributed by atoms with Crippen molar-refractivity contribution < 1.29 is 4.92 Å². The second kappa shape index (κ2) is 5.39. The number of nitrogens with zero attached hydrogens (tertiary/aromatic N) is 3. The van der Waals surface area contributed by atoms with Crippen LogP contribution in [-0.2, 0) is 6.54 Å². The van der Waals surface area contributed by atoms with Crippen molar-refractivity contribution in [1.82, 2.24) is 15.2 Å². The van der Waals surface area contributed by atoms with Gasteiger partial charge in [-0.1, -0.05) is 17.7 Å². The van der Waals surface area contributed by atoms with E-state index >= 15 is 0 Å². The summed E-state index contributed by atoms with van der Waals surface area (Å²) in [5, 5.41) is 14.1. The van der Waals surface area contributed by atoms with Crippen LogP contribution in [0.4, 0.5) is 0 Å². The molecule has 0 aliphatic carbocycles. The molecule has 0 spiro atoms. The molecule has 1 aliphatic rings. The molecule has 2 heterocycles. The molecule has 1 aliphatic heterocycles. The Hall–Kier alpha value is -1.24. The lowest BCUT2D eigenvalue weighted by molar-refractivity contribution is -0.487. The van der Waals surface area contributed by atoms with Gasteiger partial charge in [0.15, 0.2) is 0 Å². The highest BCUT2D eigenvalue weighted by Crippen LogP contribution is 2.12. The standard InChI is InChI=1S/C10H13ClN4O2/c11-9-2-1-8(5-13-9)6-14-4-3-12-10(14)7-15(16)17/h1-2,5,10,12H,3-4,6-7H2. The monoisotopic (exact) mass is 256 g/mol. The lowest BCUT2D eigenvalue weighted by atomic mass is 10.2. The largest absolute Gasteiger partial charge is 0.295 e. The minimum absolute atomic E-state index is 0.0823. The molecule has 92 valence electrons.